The second-order valence-electron chi connectivity index (χ2n) is 4.46. The highest BCUT2D eigenvalue weighted by Gasteiger charge is 2.12. The van der Waals surface area contributed by atoms with E-state index >= 15 is 0 Å². The van der Waals surface area contributed by atoms with Crippen molar-refractivity contribution < 1.29 is 0 Å². The van der Waals surface area contributed by atoms with E-state index in [0.29, 0.717) is 12.5 Å². The van der Waals surface area contributed by atoms with Crippen LogP contribution in [0.2, 0.25) is 5.02 Å². The number of hydrogen-bond acceptors (Lipinski definition) is 3. The van der Waals surface area contributed by atoms with E-state index in [-0.39, 0.29) is 0 Å². The average Bonchev–Trinajstić information content (AvgIpc) is 2.76. The lowest BCUT2D eigenvalue weighted by atomic mass is 9.95. The minimum atomic E-state index is 0.395. The minimum absolute atomic E-state index is 0.395. The number of hydrogen-bond donors (Lipinski definition) is 1. The van der Waals surface area contributed by atoms with E-state index in [9.17, 15) is 0 Å². The number of aromatic nitrogens is 1. The van der Waals surface area contributed by atoms with E-state index in [1.807, 2.05) is 25.1 Å². The standard InChI is InChI=1S/C14H17ClN2S/c1-10-17-13(9-18-10)7-11(8-16)6-12-4-2-3-5-14(12)15/h2-5,9,11H,6-8,16H2,1H3. The molecule has 0 spiro atoms. The molecule has 2 N–H and O–H groups in total. The predicted molar refractivity (Wildman–Crippen MR) is 78.3 cm³/mol. The van der Waals surface area contributed by atoms with Gasteiger partial charge in [0, 0.05) is 10.4 Å². The first-order valence-corrected chi connectivity index (χ1v) is 7.29. The number of nitrogens with zero attached hydrogens (tertiary/aromatic N) is 1. The van der Waals surface area contributed by atoms with Crippen molar-refractivity contribution >= 4 is 22.9 Å². The van der Waals surface area contributed by atoms with Crippen LogP contribution in [0.15, 0.2) is 29.6 Å². The molecule has 0 aliphatic carbocycles. The molecule has 0 bridgehead atoms. The van der Waals surface area contributed by atoms with Crippen molar-refractivity contribution in [1.29, 1.82) is 0 Å². The van der Waals surface area contributed by atoms with Crippen molar-refractivity contribution in [3.8, 4) is 0 Å². The molecule has 96 valence electrons. The molecule has 2 rings (SSSR count). The molecule has 0 saturated heterocycles. The SMILES string of the molecule is Cc1nc(CC(CN)Cc2ccccc2Cl)cs1. The van der Waals surface area contributed by atoms with Gasteiger partial charge in [-0.15, -0.1) is 11.3 Å². The molecule has 0 fully saturated rings. The van der Waals surface area contributed by atoms with Crippen molar-refractivity contribution in [1.82, 2.24) is 4.98 Å². The molecule has 1 unspecified atom stereocenters. The third-order valence-electron chi connectivity index (χ3n) is 2.96. The van der Waals surface area contributed by atoms with Gasteiger partial charge >= 0.3 is 0 Å². The Morgan fingerprint density at radius 2 is 2.11 bits per heavy atom. The lowest BCUT2D eigenvalue weighted by molar-refractivity contribution is 0.528. The summed E-state index contributed by atoms with van der Waals surface area (Å²) in [6.45, 7) is 2.68. The maximum absolute atomic E-state index is 6.18. The van der Waals surface area contributed by atoms with Gasteiger partial charge in [-0.2, -0.15) is 0 Å². The molecule has 1 atom stereocenters. The van der Waals surface area contributed by atoms with E-state index in [1.165, 1.54) is 5.56 Å². The number of aryl methyl sites for hydroxylation is 1. The van der Waals surface area contributed by atoms with Crippen LogP contribution in [0.25, 0.3) is 0 Å². The molecule has 1 heterocycles. The van der Waals surface area contributed by atoms with E-state index in [0.717, 1.165) is 28.6 Å². The summed E-state index contributed by atoms with van der Waals surface area (Å²) in [7, 11) is 0. The first-order chi connectivity index (χ1) is 8.69. The van der Waals surface area contributed by atoms with E-state index in [4.69, 9.17) is 17.3 Å². The van der Waals surface area contributed by atoms with Gasteiger partial charge in [-0.25, -0.2) is 4.98 Å². The normalized spacial score (nSPS) is 12.6. The van der Waals surface area contributed by atoms with Gasteiger partial charge in [-0.3, -0.25) is 0 Å². The van der Waals surface area contributed by atoms with Crippen LogP contribution in [-0.2, 0) is 12.8 Å². The van der Waals surface area contributed by atoms with E-state index in [2.05, 4.69) is 16.4 Å². The topological polar surface area (TPSA) is 38.9 Å². The van der Waals surface area contributed by atoms with Gasteiger partial charge in [0.25, 0.3) is 0 Å². The fourth-order valence-corrected chi connectivity index (χ4v) is 2.85. The summed E-state index contributed by atoms with van der Waals surface area (Å²) in [6.07, 6.45) is 1.83. The molecule has 1 aromatic heterocycles. The van der Waals surface area contributed by atoms with E-state index < -0.39 is 0 Å². The monoisotopic (exact) mass is 280 g/mol. The number of thiazole rings is 1. The molecular weight excluding hydrogens is 264 g/mol. The maximum atomic E-state index is 6.18. The summed E-state index contributed by atoms with van der Waals surface area (Å²) in [5.41, 5.74) is 8.16. The van der Waals surface area contributed by atoms with Gasteiger partial charge in [0.15, 0.2) is 0 Å². The number of halogens is 1. The van der Waals surface area contributed by atoms with Crippen LogP contribution in [0.5, 0.6) is 0 Å². The molecule has 0 radical (unpaired) electrons. The zero-order chi connectivity index (χ0) is 13.0. The number of benzene rings is 1. The van der Waals surface area contributed by atoms with Crippen LogP contribution in [-0.4, -0.2) is 11.5 Å². The molecule has 0 saturated carbocycles. The highest BCUT2D eigenvalue weighted by molar-refractivity contribution is 7.09. The third-order valence-corrected chi connectivity index (χ3v) is 4.16. The Morgan fingerprint density at radius 1 is 1.33 bits per heavy atom. The summed E-state index contributed by atoms with van der Waals surface area (Å²) in [6, 6.07) is 7.96. The van der Waals surface area contributed by atoms with Crippen molar-refractivity contribution in [2.45, 2.75) is 19.8 Å². The van der Waals surface area contributed by atoms with Crippen molar-refractivity contribution in [3.05, 3.63) is 50.9 Å². The molecule has 4 heteroatoms. The molecule has 2 aromatic rings. The van der Waals surface area contributed by atoms with Crippen LogP contribution < -0.4 is 5.73 Å². The largest absolute Gasteiger partial charge is 0.330 e. The van der Waals surface area contributed by atoms with Gasteiger partial charge in [-0.05, 0) is 43.9 Å². The fraction of sp³-hybridized carbons (Fsp3) is 0.357. The van der Waals surface area contributed by atoms with Crippen LogP contribution in [0.3, 0.4) is 0 Å². The molecule has 18 heavy (non-hydrogen) atoms. The Kier molecular flexibility index (Phi) is 4.75. The Balaban J connectivity index is 2.04. The Bertz CT molecular complexity index is 510. The molecular formula is C14H17ClN2S. The summed E-state index contributed by atoms with van der Waals surface area (Å²) >= 11 is 7.87. The zero-order valence-electron chi connectivity index (χ0n) is 10.4. The van der Waals surface area contributed by atoms with Crippen LogP contribution >= 0.6 is 22.9 Å². The highest BCUT2D eigenvalue weighted by Crippen LogP contribution is 2.21. The van der Waals surface area contributed by atoms with Gasteiger partial charge in [0.1, 0.15) is 0 Å². The van der Waals surface area contributed by atoms with Crippen LogP contribution in [0.4, 0.5) is 0 Å². The maximum Gasteiger partial charge on any atom is 0.0897 e. The summed E-state index contributed by atoms with van der Waals surface area (Å²) in [4.78, 5) is 4.49. The molecule has 0 aliphatic heterocycles. The van der Waals surface area contributed by atoms with Crippen molar-refractivity contribution in [2.75, 3.05) is 6.54 Å². The molecule has 2 nitrogen and oxygen atoms in total. The first kappa shape index (κ1) is 13.5. The summed E-state index contributed by atoms with van der Waals surface area (Å²) in [5.74, 6) is 0.395. The Labute approximate surface area is 117 Å². The van der Waals surface area contributed by atoms with Gasteiger partial charge in [0.2, 0.25) is 0 Å². The Morgan fingerprint density at radius 3 is 2.72 bits per heavy atom. The molecule has 0 amide bonds. The first-order valence-electron chi connectivity index (χ1n) is 6.03. The second-order valence-corrected chi connectivity index (χ2v) is 5.93. The van der Waals surface area contributed by atoms with Crippen LogP contribution in [0, 0.1) is 12.8 Å². The second kappa shape index (κ2) is 6.32. The lowest BCUT2D eigenvalue weighted by Crippen LogP contribution is -2.19. The predicted octanol–water partition coefficient (Wildman–Crippen LogP) is 3.47. The third kappa shape index (κ3) is 3.55. The lowest BCUT2D eigenvalue weighted by Gasteiger charge is -2.14. The molecule has 0 aliphatic rings. The van der Waals surface area contributed by atoms with Gasteiger partial charge < -0.3 is 5.73 Å². The van der Waals surface area contributed by atoms with Crippen LogP contribution in [0.1, 0.15) is 16.3 Å². The smallest absolute Gasteiger partial charge is 0.0897 e. The van der Waals surface area contributed by atoms with E-state index in [1.54, 1.807) is 11.3 Å². The molecule has 1 aromatic carbocycles. The number of rotatable bonds is 5. The number of nitrogens with two attached hydrogens (primary N) is 1. The van der Waals surface area contributed by atoms with Gasteiger partial charge in [-0.1, -0.05) is 29.8 Å². The Hall–Kier alpha value is -0.900. The highest BCUT2D eigenvalue weighted by atomic mass is 35.5. The van der Waals surface area contributed by atoms with Gasteiger partial charge in [0.05, 0.1) is 10.7 Å². The summed E-state index contributed by atoms with van der Waals surface area (Å²) in [5, 5.41) is 4.05. The quantitative estimate of drug-likeness (QED) is 0.911. The van der Waals surface area contributed by atoms with Crippen molar-refractivity contribution in [3.63, 3.8) is 0 Å². The minimum Gasteiger partial charge on any atom is -0.330 e. The summed E-state index contributed by atoms with van der Waals surface area (Å²) < 4.78 is 0. The van der Waals surface area contributed by atoms with Crippen molar-refractivity contribution in [2.24, 2.45) is 11.7 Å². The average molecular weight is 281 g/mol. The fourth-order valence-electron chi connectivity index (χ4n) is 2.01. The zero-order valence-corrected chi connectivity index (χ0v) is 12.0.